The van der Waals surface area contributed by atoms with Crippen molar-refractivity contribution in [2.24, 2.45) is 5.92 Å². The van der Waals surface area contributed by atoms with Gasteiger partial charge in [0, 0.05) is 5.92 Å². The van der Waals surface area contributed by atoms with Crippen LogP contribution in [0.4, 0.5) is 5.95 Å². The third kappa shape index (κ3) is 2.56. The first-order chi connectivity index (χ1) is 7.15. The fourth-order valence-corrected chi connectivity index (χ4v) is 2.26. The lowest BCUT2D eigenvalue weighted by molar-refractivity contribution is 0.339. The van der Waals surface area contributed by atoms with Crippen LogP contribution in [0.2, 0.25) is 5.28 Å². The molecule has 1 aliphatic rings. The summed E-state index contributed by atoms with van der Waals surface area (Å²) in [4.78, 5) is 12.1. The van der Waals surface area contributed by atoms with Crippen LogP contribution in [0.25, 0.3) is 0 Å². The van der Waals surface area contributed by atoms with Crippen molar-refractivity contribution < 1.29 is 0 Å². The number of nitrogens with two attached hydrogens (primary N) is 1. The highest BCUT2D eigenvalue weighted by Crippen LogP contribution is 2.34. The van der Waals surface area contributed by atoms with E-state index in [2.05, 4.69) is 21.9 Å². The molecule has 2 N–H and O–H groups in total. The van der Waals surface area contributed by atoms with Crippen LogP contribution in [0.5, 0.6) is 0 Å². The van der Waals surface area contributed by atoms with Gasteiger partial charge in [-0.25, -0.2) is 4.98 Å². The van der Waals surface area contributed by atoms with Crippen molar-refractivity contribution in [2.75, 3.05) is 5.73 Å². The molecule has 5 heteroatoms. The molecule has 0 spiro atoms. The number of hydrogen-bond donors (Lipinski definition) is 1. The Morgan fingerprint density at radius 3 is 2.40 bits per heavy atom. The molecule has 15 heavy (non-hydrogen) atoms. The van der Waals surface area contributed by atoms with E-state index in [-0.39, 0.29) is 11.2 Å². The zero-order chi connectivity index (χ0) is 10.8. The van der Waals surface area contributed by atoms with Crippen LogP contribution in [0.1, 0.15) is 44.3 Å². The lowest BCUT2D eigenvalue weighted by Gasteiger charge is -2.24. The Bertz CT molecular complexity index is 327. The minimum absolute atomic E-state index is 0.205. The number of anilines is 1. The Kier molecular flexibility index (Phi) is 3.05. The first-order valence-corrected chi connectivity index (χ1v) is 5.70. The van der Waals surface area contributed by atoms with Crippen molar-refractivity contribution in [3.05, 3.63) is 11.1 Å². The zero-order valence-electron chi connectivity index (χ0n) is 8.78. The van der Waals surface area contributed by atoms with E-state index in [9.17, 15) is 0 Å². The molecular weight excluding hydrogens is 212 g/mol. The van der Waals surface area contributed by atoms with Gasteiger partial charge < -0.3 is 5.73 Å². The predicted octanol–water partition coefficient (Wildman–Crippen LogP) is 2.40. The number of rotatable bonds is 1. The highest BCUT2D eigenvalue weighted by atomic mass is 35.5. The highest BCUT2D eigenvalue weighted by Gasteiger charge is 2.22. The Morgan fingerprint density at radius 2 is 1.80 bits per heavy atom. The van der Waals surface area contributed by atoms with Crippen LogP contribution >= 0.6 is 11.6 Å². The van der Waals surface area contributed by atoms with Crippen LogP contribution in [-0.2, 0) is 0 Å². The van der Waals surface area contributed by atoms with Gasteiger partial charge in [0.1, 0.15) is 5.82 Å². The SMILES string of the molecule is CC1CCC(c2nc(N)nc(Cl)n2)CC1. The molecule has 82 valence electrons. The van der Waals surface area contributed by atoms with Gasteiger partial charge in [0.15, 0.2) is 0 Å². The summed E-state index contributed by atoms with van der Waals surface area (Å²) in [5, 5.41) is 0.205. The average molecular weight is 227 g/mol. The number of hydrogen-bond acceptors (Lipinski definition) is 4. The van der Waals surface area contributed by atoms with Gasteiger partial charge in [-0.1, -0.05) is 19.8 Å². The van der Waals surface area contributed by atoms with E-state index in [1.807, 2.05) is 0 Å². The minimum Gasteiger partial charge on any atom is -0.368 e. The Morgan fingerprint density at radius 1 is 1.13 bits per heavy atom. The van der Waals surface area contributed by atoms with Crippen molar-refractivity contribution in [3.63, 3.8) is 0 Å². The van der Waals surface area contributed by atoms with Gasteiger partial charge >= 0.3 is 0 Å². The maximum atomic E-state index is 5.76. The molecule has 0 aromatic carbocycles. The molecule has 0 amide bonds. The Balaban J connectivity index is 2.15. The van der Waals surface area contributed by atoms with E-state index >= 15 is 0 Å². The van der Waals surface area contributed by atoms with Gasteiger partial charge in [0.25, 0.3) is 0 Å². The molecule has 0 aliphatic heterocycles. The van der Waals surface area contributed by atoms with Crippen molar-refractivity contribution in [3.8, 4) is 0 Å². The quantitative estimate of drug-likeness (QED) is 0.799. The van der Waals surface area contributed by atoms with Gasteiger partial charge in [-0.3, -0.25) is 0 Å². The highest BCUT2D eigenvalue weighted by molar-refractivity contribution is 6.28. The van der Waals surface area contributed by atoms with Crippen LogP contribution in [0, 0.1) is 5.92 Å². The second-order valence-corrected chi connectivity index (χ2v) is 4.62. The molecule has 0 atom stereocenters. The molecule has 0 bridgehead atoms. The lowest BCUT2D eigenvalue weighted by Crippen LogP contribution is -2.14. The fraction of sp³-hybridized carbons (Fsp3) is 0.700. The Hall–Kier alpha value is -0.900. The van der Waals surface area contributed by atoms with Gasteiger partial charge in [0.2, 0.25) is 11.2 Å². The monoisotopic (exact) mass is 226 g/mol. The maximum Gasteiger partial charge on any atom is 0.227 e. The third-order valence-corrected chi connectivity index (χ3v) is 3.19. The summed E-state index contributed by atoms with van der Waals surface area (Å²) in [6.07, 6.45) is 4.71. The summed E-state index contributed by atoms with van der Waals surface area (Å²) in [5.74, 6) is 2.21. The molecule has 2 rings (SSSR count). The van der Waals surface area contributed by atoms with Gasteiger partial charge in [-0.05, 0) is 30.4 Å². The summed E-state index contributed by atoms with van der Waals surface area (Å²) < 4.78 is 0. The summed E-state index contributed by atoms with van der Waals surface area (Å²) in [6.45, 7) is 2.28. The normalized spacial score (nSPS) is 26.5. The van der Waals surface area contributed by atoms with Gasteiger partial charge in [-0.15, -0.1) is 0 Å². The van der Waals surface area contributed by atoms with Gasteiger partial charge in [0.05, 0.1) is 0 Å². The van der Waals surface area contributed by atoms with Crippen molar-refractivity contribution in [2.45, 2.75) is 38.5 Å². The molecular formula is C10H15ClN4. The van der Waals surface area contributed by atoms with E-state index in [4.69, 9.17) is 17.3 Å². The molecule has 1 heterocycles. The second kappa shape index (κ2) is 4.31. The smallest absolute Gasteiger partial charge is 0.227 e. The molecule has 1 aliphatic carbocycles. The molecule has 0 saturated heterocycles. The average Bonchev–Trinajstić information content (AvgIpc) is 2.17. The third-order valence-electron chi connectivity index (χ3n) is 3.02. The Labute approximate surface area is 94.3 Å². The van der Waals surface area contributed by atoms with E-state index in [0.29, 0.717) is 5.92 Å². The maximum absolute atomic E-state index is 5.76. The molecule has 1 fully saturated rings. The molecule has 1 saturated carbocycles. The molecule has 1 aromatic heterocycles. The number of nitrogens with zero attached hydrogens (tertiary/aromatic N) is 3. The number of halogens is 1. The topological polar surface area (TPSA) is 64.7 Å². The van der Waals surface area contributed by atoms with Crippen LogP contribution in [0.3, 0.4) is 0 Å². The lowest BCUT2D eigenvalue weighted by atomic mass is 9.82. The standard InChI is InChI=1S/C10H15ClN4/c1-6-2-4-7(5-3-6)8-13-9(11)15-10(12)14-8/h6-7H,2-5H2,1H3,(H2,12,13,14,15). The zero-order valence-corrected chi connectivity index (χ0v) is 9.54. The van der Waals surface area contributed by atoms with Crippen molar-refractivity contribution >= 4 is 17.5 Å². The molecule has 0 radical (unpaired) electrons. The molecule has 0 unspecified atom stereocenters. The molecule has 1 aromatic rings. The predicted molar refractivity (Wildman–Crippen MR) is 59.6 cm³/mol. The van der Waals surface area contributed by atoms with Crippen LogP contribution in [0.15, 0.2) is 0 Å². The largest absolute Gasteiger partial charge is 0.368 e. The van der Waals surface area contributed by atoms with E-state index < -0.39 is 0 Å². The van der Waals surface area contributed by atoms with Gasteiger partial charge in [-0.2, -0.15) is 9.97 Å². The number of nitrogen functional groups attached to an aromatic ring is 1. The summed E-state index contributed by atoms with van der Waals surface area (Å²) in [5.41, 5.74) is 5.55. The van der Waals surface area contributed by atoms with E-state index in [1.165, 1.54) is 12.8 Å². The summed E-state index contributed by atoms with van der Waals surface area (Å²) in [6, 6.07) is 0. The van der Waals surface area contributed by atoms with Crippen LogP contribution < -0.4 is 5.73 Å². The summed E-state index contributed by atoms with van der Waals surface area (Å²) >= 11 is 5.76. The fourth-order valence-electron chi connectivity index (χ4n) is 2.08. The van der Waals surface area contributed by atoms with E-state index in [1.54, 1.807) is 0 Å². The number of aromatic nitrogens is 3. The van der Waals surface area contributed by atoms with E-state index in [0.717, 1.165) is 24.6 Å². The van der Waals surface area contributed by atoms with Crippen molar-refractivity contribution in [1.29, 1.82) is 0 Å². The first kappa shape index (κ1) is 10.6. The summed E-state index contributed by atoms with van der Waals surface area (Å²) in [7, 11) is 0. The first-order valence-electron chi connectivity index (χ1n) is 5.32. The minimum atomic E-state index is 0.205. The molecule has 4 nitrogen and oxygen atoms in total. The second-order valence-electron chi connectivity index (χ2n) is 4.28. The van der Waals surface area contributed by atoms with Crippen molar-refractivity contribution in [1.82, 2.24) is 15.0 Å². The van der Waals surface area contributed by atoms with Crippen LogP contribution in [-0.4, -0.2) is 15.0 Å².